The van der Waals surface area contributed by atoms with Gasteiger partial charge in [0.2, 0.25) is 0 Å². The third kappa shape index (κ3) is 3.36. The van der Waals surface area contributed by atoms with Crippen LogP contribution in [0.15, 0.2) is 24.3 Å². The summed E-state index contributed by atoms with van der Waals surface area (Å²) < 4.78 is 11.0. The van der Waals surface area contributed by atoms with Gasteiger partial charge in [0, 0.05) is 30.5 Å². The zero-order chi connectivity index (χ0) is 17.2. The second kappa shape index (κ2) is 7.01. The Bertz CT molecular complexity index is 588. The quantitative estimate of drug-likeness (QED) is 0.788. The molecular formula is C19H28N2O3. The number of hydrogen-bond acceptors (Lipinski definition) is 3. The number of carbonyl (C=O) groups is 1. The fourth-order valence-electron chi connectivity index (χ4n) is 4.13. The molecule has 1 aliphatic heterocycles. The van der Waals surface area contributed by atoms with Crippen LogP contribution in [0.3, 0.4) is 0 Å². The highest BCUT2D eigenvalue weighted by Gasteiger charge is 2.59. The fourth-order valence-corrected chi connectivity index (χ4v) is 4.13. The minimum atomic E-state index is -0.0657. The van der Waals surface area contributed by atoms with Gasteiger partial charge in [-0.25, -0.2) is 4.79 Å². The number of ether oxygens (including phenoxy) is 2. The Balaban J connectivity index is 1.38. The molecule has 5 nitrogen and oxygen atoms in total. The van der Waals surface area contributed by atoms with Crippen molar-refractivity contribution >= 4 is 6.03 Å². The number of benzene rings is 1. The van der Waals surface area contributed by atoms with E-state index < -0.39 is 0 Å². The first kappa shape index (κ1) is 17.1. The molecule has 0 radical (unpaired) electrons. The number of nitrogens with one attached hydrogen (secondary N) is 2. The SMILES string of the molecule is COc1cccc(CCCNC(=O)N[C@@H]2[C@H]3CCO[C@@H]3C2(C)C)c1. The summed E-state index contributed by atoms with van der Waals surface area (Å²) in [5, 5.41) is 6.12. The van der Waals surface area contributed by atoms with Crippen LogP contribution in [0.25, 0.3) is 0 Å². The van der Waals surface area contributed by atoms with Crippen LogP contribution in [0, 0.1) is 11.3 Å². The second-order valence-electron chi connectivity index (χ2n) is 7.40. The summed E-state index contributed by atoms with van der Waals surface area (Å²) in [7, 11) is 1.67. The number of carbonyl (C=O) groups excluding carboxylic acids is 1. The van der Waals surface area contributed by atoms with Crippen molar-refractivity contribution in [3.8, 4) is 5.75 Å². The first-order chi connectivity index (χ1) is 11.5. The highest BCUT2D eigenvalue weighted by atomic mass is 16.5. The standard InChI is InChI=1S/C19H28N2O3/c1-19(2)16(15-9-11-24-17(15)19)21-18(22)20-10-5-7-13-6-4-8-14(12-13)23-3/h4,6,8,12,15-17H,5,7,9-11H2,1-3H3,(H2,20,21,22)/t15-,16-,17+/m1/s1. The molecule has 1 saturated carbocycles. The molecule has 1 saturated heterocycles. The van der Waals surface area contributed by atoms with Gasteiger partial charge in [-0.3, -0.25) is 0 Å². The zero-order valence-corrected chi connectivity index (χ0v) is 14.8. The molecule has 132 valence electrons. The van der Waals surface area contributed by atoms with Gasteiger partial charge in [-0.2, -0.15) is 0 Å². The van der Waals surface area contributed by atoms with Gasteiger partial charge in [-0.1, -0.05) is 26.0 Å². The van der Waals surface area contributed by atoms with E-state index in [2.05, 4.69) is 30.5 Å². The molecule has 1 heterocycles. The smallest absolute Gasteiger partial charge is 0.315 e. The molecular weight excluding hydrogens is 304 g/mol. The Labute approximate surface area is 144 Å². The summed E-state index contributed by atoms with van der Waals surface area (Å²) in [6.07, 6.45) is 3.18. The van der Waals surface area contributed by atoms with Gasteiger partial charge in [0.1, 0.15) is 5.75 Å². The van der Waals surface area contributed by atoms with Crippen molar-refractivity contribution in [3.05, 3.63) is 29.8 Å². The molecule has 0 bridgehead atoms. The first-order valence-corrected chi connectivity index (χ1v) is 8.81. The molecule has 0 unspecified atom stereocenters. The Morgan fingerprint density at radius 3 is 3.04 bits per heavy atom. The average molecular weight is 332 g/mol. The van der Waals surface area contributed by atoms with Gasteiger partial charge in [0.25, 0.3) is 0 Å². The van der Waals surface area contributed by atoms with Crippen molar-refractivity contribution in [1.82, 2.24) is 10.6 Å². The zero-order valence-electron chi connectivity index (χ0n) is 14.8. The molecule has 2 N–H and O–H groups in total. The molecule has 2 amide bonds. The topological polar surface area (TPSA) is 59.6 Å². The van der Waals surface area contributed by atoms with E-state index in [1.54, 1.807) is 7.11 Å². The molecule has 3 atom stereocenters. The third-order valence-electron chi connectivity index (χ3n) is 5.45. The van der Waals surface area contributed by atoms with Crippen molar-refractivity contribution in [2.75, 3.05) is 20.3 Å². The van der Waals surface area contributed by atoms with E-state index in [1.165, 1.54) is 5.56 Å². The van der Waals surface area contributed by atoms with Gasteiger partial charge < -0.3 is 20.1 Å². The molecule has 2 aliphatic rings. The number of aryl methyl sites for hydroxylation is 1. The van der Waals surface area contributed by atoms with Crippen LogP contribution in [0.4, 0.5) is 4.79 Å². The fraction of sp³-hybridized carbons (Fsp3) is 0.632. The van der Waals surface area contributed by atoms with Gasteiger partial charge in [-0.05, 0) is 37.0 Å². The highest BCUT2D eigenvalue weighted by molar-refractivity contribution is 5.74. The van der Waals surface area contributed by atoms with Crippen LogP contribution >= 0.6 is 0 Å². The Morgan fingerprint density at radius 2 is 2.25 bits per heavy atom. The summed E-state index contributed by atoms with van der Waals surface area (Å²) in [6, 6.07) is 8.20. The average Bonchev–Trinajstić information content (AvgIpc) is 3.04. The lowest BCUT2D eigenvalue weighted by molar-refractivity contribution is -0.108. The highest BCUT2D eigenvalue weighted by Crippen LogP contribution is 2.51. The van der Waals surface area contributed by atoms with Crippen molar-refractivity contribution in [3.63, 3.8) is 0 Å². The van der Waals surface area contributed by atoms with Gasteiger partial charge >= 0.3 is 6.03 Å². The lowest BCUT2D eigenvalue weighted by Gasteiger charge is -2.54. The molecule has 2 fully saturated rings. The largest absolute Gasteiger partial charge is 0.497 e. The number of urea groups is 1. The van der Waals surface area contributed by atoms with Crippen LogP contribution in [0.5, 0.6) is 5.75 Å². The minimum absolute atomic E-state index is 0.0269. The van der Waals surface area contributed by atoms with E-state index in [1.807, 2.05) is 18.2 Å². The number of hydrogen-bond donors (Lipinski definition) is 2. The maximum atomic E-state index is 12.2. The Kier molecular flexibility index (Phi) is 4.99. The van der Waals surface area contributed by atoms with E-state index in [-0.39, 0.29) is 17.5 Å². The van der Waals surface area contributed by atoms with Crippen LogP contribution < -0.4 is 15.4 Å². The van der Waals surface area contributed by atoms with Crippen molar-refractivity contribution in [2.24, 2.45) is 11.3 Å². The monoisotopic (exact) mass is 332 g/mol. The first-order valence-electron chi connectivity index (χ1n) is 8.81. The van der Waals surface area contributed by atoms with Crippen LogP contribution in [-0.2, 0) is 11.2 Å². The Morgan fingerprint density at radius 1 is 1.42 bits per heavy atom. The van der Waals surface area contributed by atoms with Crippen molar-refractivity contribution < 1.29 is 14.3 Å². The molecule has 1 aromatic carbocycles. The van der Waals surface area contributed by atoms with Crippen LogP contribution in [0.2, 0.25) is 0 Å². The molecule has 1 aliphatic carbocycles. The third-order valence-corrected chi connectivity index (χ3v) is 5.45. The number of amides is 2. The maximum absolute atomic E-state index is 12.2. The normalized spacial score (nSPS) is 27.0. The molecule has 3 rings (SSSR count). The van der Waals surface area contributed by atoms with E-state index >= 15 is 0 Å². The van der Waals surface area contributed by atoms with Crippen molar-refractivity contribution in [2.45, 2.75) is 45.3 Å². The maximum Gasteiger partial charge on any atom is 0.315 e. The number of rotatable bonds is 6. The molecule has 5 heteroatoms. The predicted octanol–water partition coefficient (Wildman–Crippen LogP) is 2.74. The minimum Gasteiger partial charge on any atom is -0.497 e. The van der Waals surface area contributed by atoms with E-state index in [4.69, 9.17) is 9.47 Å². The van der Waals surface area contributed by atoms with Gasteiger partial charge in [0.15, 0.2) is 0 Å². The lowest BCUT2D eigenvalue weighted by atomic mass is 9.57. The molecule has 0 aromatic heterocycles. The van der Waals surface area contributed by atoms with Crippen molar-refractivity contribution in [1.29, 1.82) is 0 Å². The molecule has 0 spiro atoms. The molecule has 1 aromatic rings. The predicted molar refractivity (Wildman–Crippen MR) is 93.3 cm³/mol. The van der Waals surface area contributed by atoms with Crippen LogP contribution in [0.1, 0.15) is 32.3 Å². The van der Waals surface area contributed by atoms with E-state index in [0.717, 1.165) is 31.6 Å². The lowest BCUT2D eigenvalue weighted by Crippen LogP contribution is -2.67. The Hall–Kier alpha value is -1.75. The molecule has 24 heavy (non-hydrogen) atoms. The van der Waals surface area contributed by atoms with Crippen LogP contribution in [-0.4, -0.2) is 38.4 Å². The van der Waals surface area contributed by atoms with Gasteiger partial charge in [0.05, 0.1) is 13.2 Å². The summed E-state index contributed by atoms with van der Waals surface area (Å²) in [6.45, 7) is 5.83. The number of methoxy groups -OCH3 is 1. The number of fused-ring (bicyclic) bond motifs is 1. The van der Waals surface area contributed by atoms with E-state index in [0.29, 0.717) is 18.6 Å². The summed E-state index contributed by atoms with van der Waals surface area (Å²) >= 11 is 0. The second-order valence-corrected chi connectivity index (χ2v) is 7.40. The summed E-state index contributed by atoms with van der Waals surface area (Å²) in [5.74, 6) is 1.35. The van der Waals surface area contributed by atoms with E-state index in [9.17, 15) is 4.79 Å². The summed E-state index contributed by atoms with van der Waals surface area (Å²) in [4.78, 5) is 12.2. The van der Waals surface area contributed by atoms with Gasteiger partial charge in [-0.15, -0.1) is 0 Å². The summed E-state index contributed by atoms with van der Waals surface area (Å²) in [5.41, 5.74) is 1.25.